The van der Waals surface area contributed by atoms with E-state index in [9.17, 15) is 4.39 Å². The molecule has 1 aromatic carbocycles. The van der Waals surface area contributed by atoms with Gasteiger partial charge in [-0.25, -0.2) is 14.4 Å². The van der Waals surface area contributed by atoms with Crippen LogP contribution in [0.25, 0.3) is 0 Å². The molecule has 2 heterocycles. The molecule has 27 heavy (non-hydrogen) atoms. The number of ether oxygens (including phenoxy) is 2. The number of nitrogens with zero attached hydrogens (tertiary/aromatic N) is 4. The standard InChI is InChI=1S/C17H23FN6O2.HI/c1-3-19-17(21-8-15-22-10-23-24(15)2)20-5-4-12-6-14(18)7-13-9-25-11-26-16(12)13;/h6-7,10H,3-5,8-9,11H2,1-2H3,(H2,19,20,21);1H. The number of hydrogen-bond donors (Lipinski definition) is 2. The van der Waals surface area contributed by atoms with Gasteiger partial charge >= 0.3 is 0 Å². The van der Waals surface area contributed by atoms with E-state index in [4.69, 9.17) is 9.47 Å². The lowest BCUT2D eigenvalue weighted by Gasteiger charge is -2.21. The van der Waals surface area contributed by atoms with Crippen LogP contribution in [0.3, 0.4) is 0 Å². The topological polar surface area (TPSA) is 85.6 Å². The van der Waals surface area contributed by atoms with E-state index in [1.165, 1.54) is 18.5 Å². The second-order valence-electron chi connectivity index (χ2n) is 5.84. The largest absolute Gasteiger partial charge is 0.467 e. The van der Waals surface area contributed by atoms with Gasteiger partial charge in [0.05, 0.1) is 6.61 Å². The monoisotopic (exact) mass is 490 g/mol. The summed E-state index contributed by atoms with van der Waals surface area (Å²) >= 11 is 0. The molecule has 3 rings (SSSR count). The molecular formula is C17H24FIN6O2. The highest BCUT2D eigenvalue weighted by Crippen LogP contribution is 2.29. The van der Waals surface area contributed by atoms with E-state index in [0.717, 1.165) is 29.2 Å². The summed E-state index contributed by atoms with van der Waals surface area (Å²) in [5.74, 6) is 1.89. The molecule has 10 heteroatoms. The lowest BCUT2D eigenvalue weighted by Crippen LogP contribution is -2.38. The van der Waals surface area contributed by atoms with Crippen LogP contribution in [0.1, 0.15) is 23.9 Å². The number of hydrogen-bond acceptors (Lipinski definition) is 5. The van der Waals surface area contributed by atoms with E-state index in [-0.39, 0.29) is 36.6 Å². The second kappa shape index (κ2) is 10.4. The first-order chi connectivity index (χ1) is 12.7. The molecule has 0 spiro atoms. The molecule has 0 aliphatic carbocycles. The maximum atomic E-state index is 13.8. The maximum Gasteiger partial charge on any atom is 0.191 e. The summed E-state index contributed by atoms with van der Waals surface area (Å²) in [6, 6.07) is 2.97. The van der Waals surface area contributed by atoms with Crippen molar-refractivity contribution >= 4 is 29.9 Å². The van der Waals surface area contributed by atoms with Crippen LogP contribution in [0.4, 0.5) is 4.39 Å². The predicted molar refractivity (Wildman–Crippen MR) is 110 cm³/mol. The number of aryl methyl sites for hydroxylation is 1. The van der Waals surface area contributed by atoms with Gasteiger partial charge in [0, 0.05) is 25.7 Å². The molecule has 0 fully saturated rings. The molecule has 148 valence electrons. The van der Waals surface area contributed by atoms with Crippen LogP contribution in [0.2, 0.25) is 0 Å². The average Bonchev–Trinajstić information content (AvgIpc) is 3.04. The van der Waals surface area contributed by atoms with Crippen molar-refractivity contribution in [3.05, 3.63) is 41.2 Å². The van der Waals surface area contributed by atoms with Gasteiger partial charge in [-0.2, -0.15) is 5.10 Å². The third kappa shape index (κ3) is 5.76. The van der Waals surface area contributed by atoms with Crippen molar-refractivity contribution in [1.82, 2.24) is 25.4 Å². The van der Waals surface area contributed by atoms with Gasteiger partial charge in [-0.15, -0.1) is 24.0 Å². The SMILES string of the molecule is CCNC(=NCc1ncnn1C)NCCc1cc(F)cc2c1OCOC2.I. The first-order valence-corrected chi connectivity index (χ1v) is 8.54. The number of rotatable bonds is 6. The number of nitrogens with one attached hydrogen (secondary N) is 2. The fourth-order valence-corrected chi connectivity index (χ4v) is 2.71. The maximum absolute atomic E-state index is 13.8. The van der Waals surface area contributed by atoms with Gasteiger partial charge in [0.1, 0.15) is 30.3 Å². The van der Waals surface area contributed by atoms with Crippen LogP contribution in [0.5, 0.6) is 5.75 Å². The number of aromatic nitrogens is 3. The van der Waals surface area contributed by atoms with E-state index in [2.05, 4.69) is 25.7 Å². The Morgan fingerprint density at radius 3 is 2.96 bits per heavy atom. The van der Waals surface area contributed by atoms with E-state index in [0.29, 0.717) is 32.1 Å². The molecule has 2 N–H and O–H groups in total. The van der Waals surface area contributed by atoms with E-state index in [1.54, 1.807) is 4.68 Å². The molecule has 0 saturated heterocycles. The summed E-state index contributed by atoms with van der Waals surface area (Å²) in [7, 11) is 1.83. The second-order valence-corrected chi connectivity index (χ2v) is 5.84. The van der Waals surface area contributed by atoms with Crippen molar-refractivity contribution in [3.63, 3.8) is 0 Å². The van der Waals surface area contributed by atoms with Crippen molar-refractivity contribution in [2.75, 3.05) is 19.9 Å². The molecule has 8 nitrogen and oxygen atoms in total. The molecule has 1 aromatic heterocycles. The normalized spacial score (nSPS) is 13.4. The third-order valence-corrected chi connectivity index (χ3v) is 3.97. The zero-order valence-corrected chi connectivity index (χ0v) is 17.7. The van der Waals surface area contributed by atoms with Crippen molar-refractivity contribution in [1.29, 1.82) is 0 Å². The quantitative estimate of drug-likeness (QED) is 0.365. The number of halogens is 2. The average molecular weight is 490 g/mol. The molecular weight excluding hydrogens is 466 g/mol. The number of benzene rings is 1. The van der Waals surface area contributed by atoms with Crippen LogP contribution >= 0.6 is 24.0 Å². The summed E-state index contributed by atoms with van der Waals surface area (Å²) < 4.78 is 26.2. The zero-order valence-electron chi connectivity index (χ0n) is 15.4. The van der Waals surface area contributed by atoms with E-state index >= 15 is 0 Å². The molecule has 1 aliphatic rings. The Bertz CT molecular complexity index is 783. The third-order valence-electron chi connectivity index (χ3n) is 3.97. The molecule has 1 aliphatic heterocycles. The summed E-state index contributed by atoms with van der Waals surface area (Å²) in [5, 5.41) is 10.5. The van der Waals surface area contributed by atoms with Crippen molar-refractivity contribution in [2.45, 2.75) is 26.5 Å². The van der Waals surface area contributed by atoms with Crippen molar-refractivity contribution < 1.29 is 13.9 Å². The summed E-state index contributed by atoms with van der Waals surface area (Å²) in [6.07, 6.45) is 2.11. The highest BCUT2D eigenvalue weighted by atomic mass is 127. The molecule has 0 saturated carbocycles. The minimum atomic E-state index is -0.282. The number of guanidine groups is 1. The van der Waals surface area contributed by atoms with Crippen LogP contribution in [0, 0.1) is 5.82 Å². The highest BCUT2D eigenvalue weighted by molar-refractivity contribution is 14.0. The van der Waals surface area contributed by atoms with E-state index in [1.807, 2.05) is 14.0 Å². The Labute approximate surface area is 174 Å². The first-order valence-electron chi connectivity index (χ1n) is 8.54. The minimum absolute atomic E-state index is 0. The molecule has 0 atom stereocenters. The van der Waals surface area contributed by atoms with Gasteiger partial charge in [0.2, 0.25) is 0 Å². The minimum Gasteiger partial charge on any atom is -0.467 e. The Balaban J connectivity index is 0.00000261. The van der Waals surface area contributed by atoms with Gasteiger partial charge in [-0.05, 0) is 31.0 Å². The fourth-order valence-electron chi connectivity index (χ4n) is 2.71. The highest BCUT2D eigenvalue weighted by Gasteiger charge is 2.16. The number of fused-ring (bicyclic) bond motifs is 1. The Kier molecular flexibility index (Phi) is 8.23. The predicted octanol–water partition coefficient (Wildman–Crippen LogP) is 1.74. The Morgan fingerprint density at radius 1 is 1.37 bits per heavy atom. The summed E-state index contributed by atoms with van der Waals surface area (Å²) in [6.45, 7) is 4.30. The Morgan fingerprint density at radius 2 is 2.22 bits per heavy atom. The van der Waals surface area contributed by atoms with Gasteiger partial charge < -0.3 is 20.1 Å². The lowest BCUT2D eigenvalue weighted by molar-refractivity contribution is -0.0172. The van der Waals surface area contributed by atoms with E-state index < -0.39 is 0 Å². The van der Waals surface area contributed by atoms with Gasteiger partial charge in [-0.1, -0.05) is 0 Å². The molecule has 0 amide bonds. The zero-order chi connectivity index (χ0) is 18.4. The van der Waals surface area contributed by atoms with Gasteiger partial charge in [0.25, 0.3) is 0 Å². The van der Waals surface area contributed by atoms with Crippen LogP contribution < -0.4 is 15.4 Å². The molecule has 2 aromatic rings. The molecule has 0 bridgehead atoms. The fraction of sp³-hybridized carbons (Fsp3) is 0.471. The van der Waals surface area contributed by atoms with Gasteiger partial charge in [0.15, 0.2) is 12.8 Å². The summed E-state index contributed by atoms with van der Waals surface area (Å²) in [5.41, 5.74) is 1.56. The Hall–Kier alpha value is -1.95. The van der Waals surface area contributed by atoms with Crippen molar-refractivity contribution in [2.24, 2.45) is 12.0 Å². The first kappa shape index (κ1) is 21.4. The van der Waals surface area contributed by atoms with Crippen LogP contribution in [0.15, 0.2) is 23.5 Å². The van der Waals surface area contributed by atoms with Crippen LogP contribution in [-0.2, 0) is 31.4 Å². The van der Waals surface area contributed by atoms with Crippen molar-refractivity contribution in [3.8, 4) is 5.75 Å². The lowest BCUT2D eigenvalue weighted by atomic mass is 10.1. The summed E-state index contributed by atoms with van der Waals surface area (Å²) in [4.78, 5) is 8.65. The molecule has 0 radical (unpaired) electrons. The number of aliphatic imine (C=N–C) groups is 1. The smallest absolute Gasteiger partial charge is 0.191 e. The van der Waals surface area contributed by atoms with Crippen LogP contribution in [-0.4, -0.2) is 40.6 Å². The van der Waals surface area contributed by atoms with Gasteiger partial charge in [-0.3, -0.25) is 4.68 Å². The molecule has 0 unspecified atom stereocenters.